The van der Waals surface area contributed by atoms with Gasteiger partial charge in [-0.05, 0) is 30.3 Å². The number of hydrogen-bond donors (Lipinski definition) is 1. The zero-order chi connectivity index (χ0) is 24.4. The Morgan fingerprint density at radius 1 is 1.15 bits per heavy atom. The van der Waals surface area contributed by atoms with E-state index in [1.165, 1.54) is 12.1 Å². The van der Waals surface area contributed by atoms with E-state index in [4.69, 9.17) is 16.3 Å². The average molecular weight is 609 g/mol. The molecule has 1 N–H and O–H groups in total. The van der Waals surface area contributed by atoms with Crippen LogP contribution in [0.4, 0.5) is 5.69 Å². The fraction of sp³-hybridized carbons (Fsp3) is 0.0455. The first-order valence-corrected chi connectivity index (χ1v) is 11.5. The van der Waals surface area contributed by atoms with Crippen molar-refractivity contribution >= 4 is 66.3 Å². The van der Waals surface area contributed by atoms with Crippen LogP contribution in [0.2, 0.25) is 5.02 Å². The number of halogens is 3. The van der Waals surface area contributed by atoms with E-state index in [1.807, 2.05) is 12.1 Å². The summed E-state index contributed by atoms with van der Waals surface area (Å²) in [6, 6.07) is 14.5. The van der Waals surface area contributed by atoms with Crippen molar-refractivity contribution in [2.75, 3.05) is 0 Å². The van der Waals surface area contributed by atoms with Crippen LogP contribution < -0.4 is 16.0 Å². The number of nitrogens with zero attached hydrogens (tertiary/aromatic N) is 3. The average Bonchev–Trinajstić information content (AvgIpc) is 2.79. The first-order valence-electron chi connectivity index (χ1n) is 9.57. The number of rotatable bonds is 6. The number of para-hydroxylation sites is 1. The van der Waals surface area contributed by atoms with E-state index >= 15 is 0 Å². The first kappa shape index (κ1) is 23.9. The Morgan fingerprint density at radius 2 is 1.91 bits per heavy atom. The highest BCUT2D eigenvalue weighted by Gasteiger charge is 2.21. The minimum absolute atomic E-state index is 0.0244. The molecule has 0 saturated carbocycles. The Bertz CT molecular complexity index is 1580. The maximum atomic E-state index is 12.6. The van der Waals surface area contributed by atoms with Gasteiger partial charge in [-0.3, -0.25) is 14.9 Å². The van der Waals surface area contributed by atoms with Crippen molar-refractivity contribution in [3.8, 4) is 5.75 Å². The summed E-state index contributed by atoms with van der Waals surface area (Å²) in [5.74, 6) is -0.112. The predicted molar refractivity (Wildman–Crippen MR) is 136 cm³/mol. The molecular weight excluding hydrogens is 596 g/mol. The lowest BCUT2D eigenvalue weighted by atomic mass is 10.2. The zero-order valence-electron chi connectivity index (χ0n) is 17.0. The third-order valence-corrected chi connectivity index (χ3v) is 6.25. The molecule has 1 aromatic heterocycles. The molecule has 34 heavy (non-hydrogen) atoms. The van der Waals surface area contributed by atoms with Gasteiger partial charge in [-0.1, -0.05) is 61.7 Å². The number of H-pyrrole nitrogens is 1. The predicted octanol–water partition coefficient (Wildman–Crippen LogP) is 5.24. The molecule has 12 heteroatoms. The molecule has 0 aliphatic heterocycles. The van der Waals surface area contributed by atoms with Gasteiger partial charge >= 0.3 is 11.4 Å². The number of aromatic amines is 1. The van der Waals surface area contributed by atoms with Gasteiger partial charge in [0.1, 0.15) is 6.61 Å². The van der Waals surface area contributed by atoms with Gasteiger partial charge in [0, 0.05) is 26.1 Å². The van der Waals surface area contributed by atoms with E-state index in [9.17, 15) is 19.7 Å². The molecule has 0 atom stereocenters. The zero-order valence-corrected chi connectivity index (χ0v) is 20.9. The van der Waals surface area contributed by atoms with Crippen LogP contribution in [0.1, 0.15) is 11.1 Å². The highest BCUT2D eigenvalue weighted by molar-refractivity contribution is 9.11. The summed E-state index contributed by atoms with van der Waals surface area (Å²) >= 11 is 13.1. The number of nitrogens with one attached hydrogen (secondary N) is 1. The molecule has 0 aliphatic rings. The van der Waals surface area contributed by atoms with E-state index < -0.39 is 16.2 Å². The van der Waals surface area contributed by atoms with Crippen molar-refractivity contribution in [2.24, 2.45) is 5.10 Å². The molecule has 0 unspecified atom stereocenters. The van der Waals surface area contributed by atoms with Crippen LogP contribution in [0, 0.1) is 10.1 Å². The van der Waals surface area contributed by atoms with Gasteiger partial charge in [-0.2, -0.15) is 5.10 Å². The summed E-state index contributed by atoms with van der Waals surface area (Å²) in [5, 5.41) is 15.8. The number of nitro groups is 1. The molecule has 172 valence electrons. The number of ether oxygens (including phenoxy) is 1. The number of aromatic nitrogens is 2. The van der Waals surface area contributed by atoms with Crippen molar-refractivity contribution < 1.29 is 9.66 Å². The Kier molecular flexibility index (Phi) is 6.96. The second kappa shape index (κ2) is 9.92. The molecule has 0 aliphatic carbocycles. The van der Waals surface area contributed by atoms with Crippen LogP contribution in [0.25, 0.3) is 10.9 Å². The van der Waals surface area contributed by atoms with Crippen LogP contribution in [0.15, 0.2) is 78.2 Å². The van der Waals surface area contributed by atoms with Crippen LogP contribution in [0.5, 0.6) is 5.75 Å². The minimum atomic E-state index is -0.749. The standard InChI is InChI=1S/C22H13Br2ClN4O5/c23-14-6-5-13(16(24)9-14)11-34-20-17(25)7-12(8-19(20)29(32)33)10-26-28-21(30)15-3-1-2-4-18(15)27-22(28)31/h1-10H,11H2,(H,27,31). The lowest BCUT2D eigenvalue weighted by Gasteiger charge is -2.11. The molecule has 0 saturated heterocycles. The van der Waals surface area contributed by atoms with Gasteiger partial charge < -0.3 is 9.72 Å². The Balaban J connectivity index is 1.67. The maximum Gasteiger partial charge on any atom is 0.349 e. The highest BCUT2D eigenvalue weighted by Crippen LogP contribution is 2.37. The van der Waals surface area contributed by atoms with Crippen molar-refractivity contribution in [1.29, 1.82) is 0 Å². The smallest absolute Gasteiger partial charge is 0.349 e. The highest BCUT2D eigenvalue weighted by atomic mass is 79.9. The van der Waals surface area contributed by atoms with Crippen LogP contribution >= 0.6 is 43.5 Å². The van der Waals surface area contributed by atoms with Gasteiger partial charge in [0.25, 0.3) is 5.56 Å². The van der Waals surface area contributed by atoms with E-state index in [2.05, 4.69) is 41.9 Å². The van der Waals surface area contributed by atoms with Gasteiger partial charge in [-0.25, -0.2) is 4.79 Å². The van der Waals surface area contributed by atoms with Gasteiger partial charge in [0.2, 0.25) is 5.75 Å². The van der Waals surface area contributed by atoms with Crippen molar-refractivity contribution in [2.45, 2.75) is 6.61 Å². The molecule has 4 aromatic rings. The van der Waals surface area contributed by atoms with Gasteiger partial charge in [0.05, 0.1) is 27.1 Å². The van der Waals surface area contributed by atoms with E-state index in [-0.39, 0.29) is 34.0 Å². The fourth-order valence-corrected chi connectivity index (χ4v) is 4.56. The number of benzene rings is 3. The van der Waals surface area contributed by atoms with Crippen LogP contribution in [-0.4, -0.2) is 20.8 Å². The molecule has 0 fully saturated rings. The van der Waals surface area contributed by atoms with E-state index in [0.717, 1.165) is 20.7 Å². The third-order valence-electron chi connectivity index (χ3n) is 4.74. The summed E-state index contributed by atoms with van der Waals surface area (Å²) in [6.07, 6.45) is 1.14. The Labute approximate surface area is 213 Å². The third kappa shape index (κ3) is 4.96. The van der Waals surface area contributed by atoms with E-state index in [0.29, 0.717) is 10.2 Å². The Morgan fingerprint density at radius 3 is 2.65 bits per heavy atom. The summed E-state index contributed by atoms with van der Waals surface area (Å²) < 4.78 is 7.92. The molecule has 3 aromatic carbocycles. The van der Waals surface area contributed by atoms with Crippen molar-refractivity contribution in [3.05, 3.63) is 111 Å². The SMILES string of the molecule is O=c1[nH]c2ccccc2c(=O)n1N=Cc1cc(Cl)c(OCc2ccc(Br)cc2Br)c([N+](=O)[O-])c1. The molecule has 0 bridgehead atoms. The van der Waals surface area contributed by atoms with Gasteiger partial charge in [0.15, 0.2) is 0 Å². The van der Waals surface area contributed by atoms with Crippen LogP contribution in [0.3, 0.4) is 0 Å². The second-order valence-electron chi connectivity index (χ2n) is 6.97. The fourth-order valence-electron chi connectivity index (χ4n) is 3.12. The molecule has 0 amide bonds. The van der Waals surface area contributed by atoms with E-state index in [1.54, 1.807) is 30.3 Å². The maximum absolute atomic E-state index is 12.6. The monoisotopic (exact) mass is 606 g/mol. The molecular formula is C22H13Br2ClN4O5. The van der Waals surface area contributed by atoms with Gasteiger partial charge in [-0.15, -0.1) is 4.68 Å². The lowest BCUT2D eigenvalue weighted by Crippen LogP contribution is -2.32. The largest absolute Gasteiger partial charge is 0.481 e. The summed E-state index contributed by atoms with van der Waals surface area (Å²) in [7, 11) is 0. The molecule has 0 radical (unpaired) electrons. The molecule has 4 rings (SSSR count). The second-order valence-corrected chi connectivity index (χ2v) is 9.15. The van der Waals surface area contributed by atoms with Crippen LogP contribution in [-0.2, 0) is 6.61 Å². The molecule has 9 nitrogen and oxygen atoms in total. The first-order chi connectivity index (χ1) is 16.2. The summed E-state index contributed by atoms with van der Waals surface area (Å²) in [5.41, 5.74) is -0.428. The van der Waals surface area contributed by atoms with Crippen molar-refractivity contribution in [3.63, 3.8) is 0 Å². The minimum Gasteiger partial charge on any atom is -0.481 e. The topological polar surface area (TPSA) is 120 Å². The van der Waals surface area contributed by atoms with Crippen molar-refractivity contribution in [1.82, 2.24) is 9.66 Å². The lowest BCUT2D eigenvalue weighted by molar-refractivity contribution is -0.385. The number of nitro benzene ring substituents is 1. The number of fused-ring (bicyclic) bond motifs is 1. The molecule has 1 heterocycles. The number of hydrogen-bond acceptors (Lipinski definition) is 6. The quantitative estimate of drug-likeness (QED) is 0.183. The Hall–Kier alpha value is -3.28. The summed E-state index contributed by atoms with van der Waals surface area (Å²) in [4.78, 5) is 38.5. The molecule has 0 spiro atoms. The summed E-state index contributed by atoms with van der Waals surface area (Å²) in [6.45, 7) is 0.0315. The normalized spacial score (nSPS) is 11.3.